The highest BCUT2D eigenvalue weighted by molar-refractivity contribution is 6.33. The summed E-state index contributed by atoms with van der Waals surface area (Å²) in [6.07, 6.45) is -0.831. The van der Waals surface area contributed by atoms with E-state index < -0.39 is 6.10 Å². The summed E-state index contributed by atoms with van der Waals surface area (Å²) >= 11 is 6.59. The highest BCUT2D eigenvalue weighted by Crippen LogP contribution is 2.38. The van der Waals surface area contributed by atoms with Gasteiger partial charge in [-0.1, -0.05) is 90.5 Å². The molecule has 4 rings (SSSR count). The zero-order valence-electron chi connectivity index (χ0n) is 21.1. The van der Waals surface area contributed by atoms with E-state index in [0.717, 1.165) is 11.1 Å². The maximum absolute atomic E-state index is 12.6. The van der Waals surface area contributed by atoms with Crippen molar-refractivity contribution in [2.45, 2.75) is 25.7 Å². The number of halogens is 1. The third-order valence-electron chi connectivity index (χ3n) is 5.94. The van der Waals surface area contributed by atoms with E-state index >= 15 is 0 Å². The van der Waals surface area contributed by atoms with Gasteiger partial charge in [0.05, 0.1) is 24.7 Å². The molecule has 0 aromatic heterocycles. The largest absolute Gasteiger partial charge is 0.493 e. The van der Waals surface area contributed by atoms with Crippen LogP contribution in [0.5, 0.6) is 17.2 Å². The molecular weight excluding hydrogens is 502 g/mol. The third kappa shape index (κ3) is 7.51. The van der Waals surface area contributed by atoms with Gasteiger partial charge in [-0.05, 0) is 40.5 Å². The second-order valence-electron chi connectivity index (χ2n) is 8.68. The van der Waals surface area contributed by atoms with Crippen molar-refractivity contribution in [1.29, 1.82) is 0 Å². The van der Waals surface area contributed by atoms with Crippen molar-refractivity contribution in [3.05, 3.63) is 124 Å². The van der Waals surface area contributed by atoms with Crippen LogP contribution in [0.3, 0.4) is 0 Å². The van der Waals surface area contributed by atoms with E-state index in [-0.39, 0.29) is 18.9 Å². The maximum atomic E-state index is 12.6. The number of aliphatic hydroxyl groups is 1. The quantitative estimate of drug-likeness (QED) is 0.238. The second-order valence-corrected chi connectivity index (χ2v) is 9.06. The lowest BCUT2D eigenvalue weighted by Gasteiger charge is -2.16. The summed E-state index contributed by atoms with van der Waals surface area (Å²) in [4.78, 5) is 12.6. The minimum atomic E-state index is -0.863. The van der Waals surface area contributed by atoms with Gasteiger partial charge in [0.2, 0.25) is 5.91 Å². The van der Waals surface area contributed by atoms with Gasteiger partial charge in [-0.25, -0.2) is 0 Å². The molecule has 1 amide bonds. The molecule has 0 radical (unpaired) electrons. The van der Waals surface area contributed by atoms with E-state index in [2.05, 4.69) is 5.32 Å². The van der Waals surface area contributed by atoms with Gasteiger partial charge in [0.25, 0.3) is 0 Å². The van der Waals surface area contributed by atoms with E-state index in [4.69, 9.17) is 25.8 Å². The minimum absolute atomic E-state index is 0.0313. The molecular formula is C31H30ClNO5. The topological polar surface area (TPSA) is 77.0 Å². The van der Waals surface area contributed by atoms with Crippen LogP contribution in [0.2, 0.25) is 5.02 Å². The van der Waals surface area contributed by atoms with Crippen LogP contribution in [0.1, 0.15) is 28.4 Å². The number of hydrogen-bond donors (Lipinski definition) is 2. The van der Waals surface area contributed by atoms with E-state index in [9.17, 15) is 9.90 Å². The molecule has 6 nitrogen and oxygen atoms in total. The van der Waals surface area contributed by atoms with Gasteiger partial charge in [0.1, 0.15) is 19.0 Å². The van der Waals surface area contributed by atoms with E-state index in [1.54, 1.807) is 36.4 Å². The molecule has 0 aliphatic rings. The number of carbonyl (C=O) groups is 1. The zero-order chi connectivity index (χ0) is 26.7. The Morgan fingerprint density at radius 1 is 0.842 bits per heavy atom. The Balaban J connectivity index is 1.30. The summed E-state index contributed by atoms with van der Waals surface area (Å²) < 4.78 is 17.1. The monoisotopic (exact) mass is 531 g/mol. The van der Waals surface area contributed by atoms with Crippen molar-refractivity contribution in [3.63, 3.8) is 0 Å². The molecule has 0 aliphatic carbocycles. The minimum Gasteiger partial charge on any atom is -0.493 e. The van der Waals surface area contributed by atoms with Crippen molar-refractivity contribution in [2.24, 2.45) is 0 Å². The molecule has 0 aliphatic heterocycles. The fourth-order valence-electron chi connectivity index (χ4n) is 3.83. The highest BCUT2D eigenvalue weighted by Gasteiger charge is 2.17. The van der Waals surface area contributed by atoms with Gasteiger partial charge in [-0.3, -0.25) is 4.79 Å². The first-order valence-corrected chi connectivity index (χ1v) is 12.6. The first kappa shape index (κ1) is 27.0. The fraction of sp³-hybridized carbons (Fsp3) is 0.194. The van der Waals surface area contributed by atoms with Gasteiger partial charge < -0.3 is 24.6 Å². The first-order chi connectivity index (χ1) is 18.5. The maximum Gasteiger partial charge on any atom is 0.224 e. The van der Waals surface area contributed by atoms with Crippen LogP contribution in [0.15, 0.2) is 97.1 Å². The highest BCUT2D eigenvalue weighted by atomic mass is 35.5. The Bertz CT molecular complexity index is 1310. The molecule has 38 heavy (non-hydrogen) atoms. The normalized spacial score (nSPS) is 11.4. The number of ether oxygens (including phenoxy) is 3. The van der Waals surface area contributed by atoms with Crippen molar-refractivity contribution in [3.8, 4) is 17.2 Å². The van der Waals surface area contributed by atoms with Gasteiger partial charge in [-0.15, -0.1) is 0 Å². The molecule has 0 saturated heterocycles. The molecule has 7 heteroatoms. The van der Waals surface area contributed by atoms with E-state index in [1.807, 2.05) is 60.7 Å². The van der Waals surface area contributed by atoms with Crippen molar-refractivity contribution >= 4 is 17.5 Å². The van der Waals surface area contributed by atoms with E-state index in [0.29, 0.717) is 46.6 Å². The van der Waals surface area contributed by atoms with Crippen LogP contribution >= 0.6 is 11.6 Å². The standard InChI is InChI=1S/C31H30ClNO5/c1-36-28-17-14-25(30(32)31(28)38-21-23-10-6-3-7-11-23)18-29(35)33-19-27(34)24-12-15-26(16-13-24)37-20-22-8-4-2-5-9-22/h2-17,27,34H,18-21H2,1H3,(H,33,35). The average Bonchev–Trinajstić information content (AvgIpc) is 2.96. The molecule has 2 N–H and O–H groups in total. The number of rotatable bonds is 12. The summed E-state index contributed by atoms with van der Waals surface area (Å²) in [5.74, 6) is 1.31. The lowest BCUT2D eigenvalue weighted by Crippen LogP contribution is -2.29. The average molecular weight is 532 g/mol. The molecule has 4 aromatic rings. The Labute approximate surface area is 227 Å². The Hall–Kier alpha value is -4.00. The van der Waals surface area contributed by atoms with Crippen molar-refractivity contribution < 1.29 is 24.1 Å². The summed E-state index contributed by atoms with van der Waals surface area (Å²) in [6.45, 7) is 0.842. The predicted octanol–water partition coefficient (Wildman–Crippen LogP) is 5.90. The van der Waals surface area contributed by atoms with Crippen LogP contribution in [-0.2, 0) is 24.4 Å². The molecule has 0 bridgehead atoms. The summed E-state index contributed by atoms with van der Waals surface area (Å²) in [5.41, 5.74) is 3.34. The molecule has 0 fully saturated rings. The molecule has 4 aromatic carbocycles. The van der Waals surface area contributed by atoms with Crippen LogP contribution in [0.4, 0.5) is 0 Å². The molecule has 1 unspecified atom stereocenters. The number of amides is 1. The van der Waals surface area contributed by atoms with Crippen molar-refractivity contribution in [2.75, 3.05) is 13.7 Å². The molecule has 0 saturated carbocycles. The van der Waals surface area contributed by atoms with Crippen LogP contribution in [0, 0.1) is 0 Å². The number of nitrogens with one attached hydrogen (secondary N) is 1. The number of carbonyl (C=O) groups excluding carboxylic acids is 1. The Morgan fingerprint density at radius 3 is 2.05 bits per heavy atom. The summed E-state index contributed by atoms with van der Waals surface area (Å²) in [7, 11) is 1.54. The number of methoxy groups -OCH3 is 1. The van der Waals surface area contributed by atoms with Crippen LogP contribution < -0.4 is 19.5 Å². The Kier molecular flexibility index (Phi) is 9.62. The molecule has 0 spiro atoms. The smallest absolute Gasteiger partial charge is 0.224 e. The first-order valence-electron chi connectivity index (χ1n) is 12.3. The SMILES string of the molecule is COc1ccc(CC(=O)NCC(O)c2ccc(OCc3ccccc3)cc2)c(Cl)c1OCc1ccccc1. The number of benzene rings is 4. The van der Waals surface area contributed by atoms with Gasteiger partial charge in [-0.2, -0.15) is 0 Å². The lowest BCUT2D eigenvalue weighted by molar-refractivity contribution is -0.120. The number of aliphatic hydroxyl groups excluding tert-OH is 1. The summed E-state index contributed by atoms with van der Waals surface area (Å²) in [5, 5.41) is 13.7. The third-order valence-corrected chi connectivity index (χ3v) is 6.36. The van der Waals surface area contributed by atoms with Gasteiger partial charge in [0, 0.05) is 6.54 Å². The molecule has 0 heterocycles. The molecule has 1 atom stereocenters. The number of hydrogen-bond acceptors (Lipinski definition) is 5. The predicted molar refractivity (Wildman–Crippen MR) is 148 cm³/mol. The molecule has 196 valence electrons. The Morgan fingerprint density at radius 2 is 1.45 bits per heavy atom. The van der Waals surface area contributed by atoms with Gasteiger partial charge in [0.15, 0.2) is 11.5 Å². The summed E-state index contributed by atoms with van der Waals surface area (Å²) in [6, 6.07) is 30.2. The lowest BCUT2D eigenvalue weighted by atomic mass is 10.1. The van der Waals surface area contributed by atoms with E-state index in [1.165, 1.54) is 7.11 Å². The fourth-order valence-corrected chi connectivity index (χ4v) is 4.11. The zero-order valence-corrected chi connectivity index (χ0v) is 21.9. The second kappa shape index (κ2) is 13.5. The van der Waals surface area contributed by atoms with Crippen molar-refractivity contribution in [1.82, 2.24) is 5.32 Å². The van der Waals surface area contributed by atoms with Gasteiger partial charge >= 0.3 is 0 Å². The van der Waals surface area contributed by atoms with Crippen LogP contribution in [0.25, 0.3) is 0 Å². The van der Waals surface area contributed by atoms with Crippen LogP contribution in [-0.4, -0.2) is 24.7 Å².